The molecule has 0 N–H and O–H groups in total. The summed E-state index contributed by atoms with van der Waals surface area (Å²) in [6.07, 6.45) is -0.632. The Balaban J connectivity index is 1.79. The van der Waals surface area contributed by atoms with E-state index in [2.05, 4.69) is 0 Å². The molecule has 5 nitrogen and oxygen atoms in total. The Kier molecular flexibility index (Phi) is 6.29. The van der Waals surface area contributed by atoms with Crippen LogP contribution in [0, 0.1) is 13.8 Å². The van der Waals surface area contributed by atoms with Gasteiger partial charge in [0.05, 0.1) is 12.8 Å². The van der Waals surface area contributed by atoms with E-state index >= 15 is 0 Å². The van der Waals surface area contributed by atoms with Crippen LogP contribution in [0.4, 0.5) is 10.5 Å². The molecule has 0 fully saturated rings. The summed E-state index contributed by atoms with van der Waals surface area (Å²) in [4.78, 5) is 17.9. The Labute approximate surface area is 165 Å². The second-order valence-corrected chi connectivity index (χ2v) is 6.34. The van der Waals surface area contributed by atoms with Crippen LogP contribution in [0.15, 0.2) is 72.8 Å². The summed E-state index contributed by atoms with van der Waals surface area (Å²) in [5.74, 6) is 1.25. The highest BCUT2D eigenvalue weighted by Gasteiger charge is 2.21. The largest absolute Gasteiger partial charge is 0.489 e. The van der Waals surface area contributed by atoms with Crippen molar-refractivity contribution < 1.29 is 19.1 Å². The van der Waals surface area contributed by atoms with Crippen LogP contribution in [-0.4, -0.2) is 13.2 Å². The van der Waals surface area contributed by atoms with Gasteiger partial charge in [0.2, 0.25) is 0 Å². The summed E-state index contributed by atoms with van der Waals surface area (Å²) < 4.78 is 11.4. The Morgan fingerprint density at radius 1 is 0.929 bits per heavy atom. The molecule has 3 aromatic carbocycles. The number of carbonyl (C=O) groups is 1. The van der Waals surface area contributed by atoms with Gasteiger partial charge >= 0.3 is 6.09 Å². The minimum Gasteiger partial charge on any atom is -0.489 e. The van der Waals surface area contributed by atoms with E-state index in [0.717, 1.165) is 27.5 Å². The highest BCUT2D eigenvalue weighted by atomic mass is 16.7. The molecule has 144 valence electrons. The summed E-state index contributed by atoms with van der Waals surface area (Å²) in [5, 5.41) is 1.12. The van der Waals surface area contributed by atoms with Gasteiger partial charge in [-0.15, -0.1) is 0 Å². The number of hydrogen-bond acceptors (Lipinski definition) is 4. The van der Waals surface area contributed by atoms with Crippen molar-refractivity contribution in [3.8, 4) is 11.5 Å². The number of anilines is 1. The lowest BCUT2D eigenvalue weighted by molar-refractivity contribution is 0.134. The average Bonchev–Trinajstić information content (AvgIpc) is 2.71. The van der Waals surface area contributed by atoms with Gasteiger partial charge in [0.1, 0.15) is 18.1 Å². The number of ether oxygens (including phenoxy) is 2. The molecule has 0 aliphatic heterocycles. The van der Waals surface area contributed by atoms with Crippen molar-refractivity contribution in [1.82, 2.24) is 0 Å². The molecule has 3 rings (SSSR count). The second kappa shape index (κ2) is 9.06. The molecule has 0 atom stereocenters. The number of amides is 1. The fourth-order valence-corrected chi connectivity index (χ4v) is 2.75. The normalized spacial score (nSPS) is 10.4. The third-order valence-electron chi connectivity index (χ3n) is 4.23. The van der Waals surface area contributed by atoms with Gasteiger partial charge in [-0.2, -0.15) is 5.06 Å². The molecule has 1 amide bonds. The van der Waals surface area contributed by atoms with Crippen molar-refractivity contribution in [2.45, 2.75) is 20.5 Å². The standard InChI is InChI=1S/C23H23NO4/c1-17-13-14-18(2)22(15-17)27-16-19-9-7-8-12-21(19)24(26-3)23(25)28-20-10-5-4-6-11-20/h4-15H,16H2,1-3H3. The lowest BCUT2D eigenvalue weighted by Crippen LogP contribution is -2.33. The van der Waals surface area contributed by atoms with E-state index in [1.165, 1.54) is 7.11 Å². The summed E-state index contributed by atoms with van der Waals surface area (Å²) in [5.41, 5.74) is 3.54. The van der Waals surface area contributed by atoms with Crippen molar-refractivity contribution in [1.29, 1.82) is 0 Å². The molecular weight excluding hydrogens is 354 g/mol. The SMILES string of the molecule is CON(C(=O)Oc1ccccc1)c1ccccc1COc1cc(C)ccc1C. The number of rotatable bonds is 6. The Hall–Kier alpha value is -3.31. The third-order valence-corrected chi connectivity index (χ3v) is 4.23. The lowest BCUT2D eigenvalue weighted by atomic mass is 10.1. The molecule has 0 saturated carbocycles. The zero-order chi connectivity index (χ0) is 19.9. The first-order valence-corrected chi connectivity index (χ1v) is 8.97. The first-order chi connectivity index (χ1) is 13.6. The second-order valence-electron chi connectivity index (χ2n) is 6.34. The van der Waals surface area contributed by atoms with Gasteiger partial charge < -0.3 is 9.47 Å². The van der Waals surface area contributed by atoms with Crippen LogP contribution in [0.3, 0.4) is 0 Å². The van der Waals surface area contributed by atoms with E-state index < -0.39 is 6.09 Å². The van der Waals surface area contributed by atoms with Gasteiger partial charge in [-0.1, -0.05) is 48.5 Å². The molecule has 28 heavy (non-hydrogen) atoms. The Morgan fingerprint density at radius 2 is 1.64 bits per heavy atom. The van der Waals surface area contributed by atoms with Crippen LogP contribution < -0.4 is 14.5 Å². The van der Waals surface area contributed by atoms with Gasteiger partial charge in [0.15, 0.2) is 0 Å². The van der Waals surface area contributed by atoms with Gasteiger partial charge in [0, 0.05) is 5.56 Å². The molecule has 0 aromatic heterocycles. The van der Waals surface area contributed by atoms with Gasteiger partial charge in [0.25, 0.3) is 0 Å². The topological polar surface area (TPSA) is 48.0 Å². The monoisotopic (exact) mass is 377 g/mol. The van der Waals surface area contributed by atoms with E-state index in [1.807, 2.05) is 56.3 Å². The number of para-hydroxylation sites is 2. The molecule has 0 heterocycles. The summed E-state index contributed by atoms with van der Waals surface area (Å²) in [6, 6.07) is 22.3. The predicted octanol–water partition coefficient (Wildman–Crippen LogP) is 5.45. The van der Waals surface area contributed by atoms with E-state index in [4.69, 9.17) is 14.3 Å². The summed E-state index contributed by atoms with van der Waals surface area (Å²) in [7, 11) is 1.43. The fourth-order valence-electron chi connectivity index (χ4n) is 2.75. The molecule has 0 aliphatic carbocycles. The average molecular weight is 377 g/mol. The molecule has 0 spiro atoms. The van der Waals surface area contributed by atoms with E-state index in [9.17, 15) is 4.79 Å². The number of aryl methyl sites for hydroxylation is 2. The maximum Gasteiger partial charge on any atom is 0.444 e. The zero-order valence-electron chi connectivity index (χ0n) is 16.2. The number of benzene rings is 3. The van der Waals surface area contributed by atoms with Crippen LogP contribution in [0.5, 0.6) is 11.5 Å². The lowest BCUT2D eigenvalue weighted by Gasteiger charge is -2.22. The predicted molar refractivity (Wildman–Crippen MR) is 109 cm³/mol. The molecule has 0 aliphatic rings. The fraction of sp³-hybridized carbons (Fsp3) is 0.174. The number of nitrogens with zero attached hydrogens (tertiary/aromatic N) is 1. The van der Waals surface area contributed by atoms with Crippen molar-refractivity contribution in [3.63, 3.8) is 0 Å². The smallest absolute Gasteiger partial charge is 0.444 e. The van der Waals surface area contributed by atoms with Crippen molar-refractivity contribution in [2.75, 3.05) is 12.2 Å². The molecular formula is C23H23NO4. The minimum atomic E-state index is -0.632. The Morgan fingerprint density at radius 3 is 2.39 bits per heavy atom. The van der Waals surface area contributed by atoms with Crippen LogP contribution in [0.1, 0.15) is 16.7 Å². The minimum absolute atomic E-state index is 0.291. The number of carbonyl (C=O) groups excluding carboxylic acids is 1. The van der Waals surface area contributed by atoms with Crippen LogP contribution >= 0.6 is 0 Å². The highest BCUT2D eigenvalue weighted by Crippen LogP contribution is 2.26. The quantitative estimate of drug-likeness (QED) is 0.536. The Bertz CT molecular complexity index is 940. The molecule has 0 unspecified atom stereocenters. The van der Waals surface area contributed by atoms with Crippen molar-refractivity contribution in [3.05, 3.63) is 89.5 Å². The van der Waals surface area contributed by atoms with Crippen molar-refractivity contribution in [2.24, 2.45) is 0 Å². The number of hydrogen-bond donors (Lipinski definition) is 0. The van der Waals surface area contributed by atoms with E-state index in [0.29, 0.717) is 18.0 Å². The molecule has 5 heteroatoms. The first kappa shape index (κ1) is 19.5. The molecule has 3 aromatic rings. The summed E-state index contributed by atoms with van der Waals surface area (Å²) in [6.45, 7) is 4.31. The number of hydroxylamine groups is 1. The van der Waals surface area contributed by atoms with Crippen molar-refractivity contribution >= 4 is 11.8 Å². The summed E-state index contributed by atoms with van der Waals surface area (Å²) >= 11 is 0. The van der Waals surface area contributed by atoms with E-state index in [-0.39, 0.29) is 0 Å². The molecule has 0 saturated heterocycles. The van der Waals surface area contributed by atoms with Gasteiger partial charge in [-0.25, -0.2) is 4.79 Å². The molecule has 0 bridgehead atoms. The maximum atomic E-state index is 12.6. The van der Waals surface area contributed by atoms with Crippen LogP contribution in [-0.2, 0) is 11.4 Å². The maximum absolute atomic E-state index is 12.6. The highest BCUT2D eigenvalue weighted by molar-refractivity contribution is 5.87. The van der Waals surface area contributed by atoms with Gasteiger partial charge in [-0.3, -0.25) is 4.84 Å². The third kappa shape index (κ3) is 4.69. The molecule has 0 radical (unpaired) electrons. The zero-order valence-corrected chi connectivity index (χ0v) is 16.2. The first-order valence-electron chi connectivity index (χ1n) is 8.97. The van der Waals surface area contributed by atoms with Gasteiger partial charge in [-0.05, 0) is 49.2 Å². The van der Waals surface area contributed by atoms with Crippen LogP contribution in [0.2, 0.25) is 0 Å². The van der Waals surface area contributed by atoms with Crippen LogP contribution in [0.25, 0.3) is 0 Å². The van der Waals surface area contributed by atoms with E-state index in [1.54, 1.807) is 30.3 Å².